The maximum atomic E-state index is 10.6. The summed E-state index contributed by atoms with van der Waals surface area (Å²) in [6.45, 7) is 2.25. The van der Waals surface area contributed by atoms with Crippen LogP contribution in [0.2, 0.25) is 0 Å². The number of non-ortho nitro benzene ring substituents is 1. The first-order valence-electron chi connectivity index (χ1n) is 7.19. The highest BCUT2D eigenvalue weighted by Crippen LogP contribution is 2.41. The largest absolute Gasteiger partial charge is 0.269 e. The zero-order chi connectivity index (χ0) is 14.6. The molecule has 0 amide bonds. The van der Waals surface area contributed by atoms with Crippen LogP contribution in [0.4, 0.5) is 5.69 Å². The lowest BCUT2D eigenvalue weighted by Crippen LogP contribution is -2.25. The molecule has 1 saturated carbocycles. The highest BCUT2D eigenvalue weighted by molar-refractivity contribution is 5.33. The van der Waals surface area contributed by atoms with Gasteiger partial charge < -0.3 is 0 Å². The Labute approximate surface area is 119 Å². The molecule has 20 heavy (non-hydrogen) atoms. The van der Waals surface area contributed by atoms with E-state index in [1.54, 1.807) is 12.1 Å². The van der Waals surface area contributed by atoms with E-state index in [0.29, 0.717) is 0 Å². The van der Waals surface area contributed by atoms with Crippen molar-refractivity contribution in [2.45, 2.75) is 45.4 Å². The van der Waals surface area contributed by atoms with Gasteiger partial charge in [-0.2, -0.15) is 5.26 Å². The number of aryl methyl sites for hydroxylation is 1. The van der Waals surface area contributed by atoms with E-state index in [9.17, 15) is 15.4 Å². The topological polar surface area (TPSA) is 66.9 Å². The van der Waals surface area contributed by atoms with Gasteiger partial charge in [0.2, 0.25) is 0 Å². The molecule has 106 valence electrons. The quantitative estimate of drug-likeness (QED) is 0.608. The zero-order valence-electron chi connectivity index (χ0n) is 11.8. The van der Waals surface area contributed by atoms with Crippen LogP contribution in [0.15, 0.2) is 24.3 Å². The third kappa shape index (κ3) is 3.36. The summed E-state index contributed by atoms with van der Waals surface area (Å²) in [4.78, 5) is 10.2. The molecule has 0 aromatic heterocycles. The first kappa shape index (κ1) is 14.5. The Kier molecular flexibility index (Phi) is 4.39. The number of nitro benzene ring substituents is 1. The number of nitrogens with zero attached hydrogens (tertiary/aromatic N) is 2. The average Bonchev–Trinajstić information content (AvgIpc) is 2.48. The molecule has 4 nitrogen and oxygen atoms in total. The molecular formula is C16H20N2O2. The van der Waals surface area contributed by atoms with Crippen molar-refractivity contribution in [1.29, 1.82) is 5.26 Å². The number of hydrogen-bond donors (Lipinski definition) is 0. The van der Waals surface area contributed by atoms with Crippen molar-refractivity contribution in [3.8, 4) is 6.07 Å². The summed E-state index contributed by atoms with van der Waals surface area (Å²) >= 11 is 0. The molecule has 1 aromatic rings. The molecule has 1 aliphatic rings. The van der Waals surface area contributed by atoms with Gasteiger partial charge in [0.1, 0.15) is 0 Å². The maximum Gasteiger partial charge on any atom is 0.269 e. The molecule has 2 rings (SSSR count). The van der Waals surface area contributed by atoms with Crippen molar-refractivity contribution >= 4 is 5.69 Å². The van der Waals surface area contributed by atoms with Crippen LogP contribution in [0, 0.1) is 32.8 Å². The molecule has 1 aromatic carbocycles. The Morgan fingerprint density at radius 1 is 1.35 bits per heavy atom. The summed E-state index contributed by atoms with van der Waals surface area (Å²) in [6.07, 6.45) is 5.91. The van der Waals surface area contributed by atoms with Crippen LogP contribution in [0.5, 0.6) is 0 Å². The molecule has 0 heterocycles. The zero-order valence-corrected chi connectivity index (χ0v) is 11.8. The van der Waals surface area contributed by atoms with E-state index in [4.69, 9.17) is 0 Å². The molecule has 0 radical (unpaired) electrons. The third-order valence-corrected chi connectivity index (χ3v) is 4.51. The van der Waals surface area contributed by atoms with Gasteiger partial charge >= 0.3 is 0 Å². The lowest BCUT2D eigenvalue weighted by molar-refractivity contribution is -0.384. The molecule has 4 heteroatoms. The summed E-state index contributed by atoms with van der Waals surface area (Å²) in [7, 11) is 0. The monoisotopic (exact) mass is 272 g/mol. The number of benzene rings is 1. The molecular weight excluding hydrogens is 252 g/mol. The standard InChI is InChI=1S/C16H20N2O2/c1-13-6-9-16(12-17,10-7-13)11-8-14-2-4-15(5-3-14)18(19)20/h2-5,13H,6-11H2,1H3. The first-order valence-corrected chi connectivity index (χ1v) is 7.19. The molecule has 0 aliphatic heterocycles. The second-order valence-corrected chi connectivity index (χ2v) is 6.00. The van der Waals surface area contributed by atoms with E-state index in [2.05, 4.69) is 13.0 Å². The van der Waals surface area contributed by atoms with Crippen LogP contribution < -0.4 is 0 Å². The number of nitriles is 1. The van der Waals surface area contributed by atoms with Crippen LogP contribution in [0.25, 0.3) is 0 Å². The minimum Gasteiger partial charge on any atom is -0.258 e. The fourth-order valence-electron chi connectivity index (χ4n) is 2.90. The maximum absolute atomic E-state index is 10.6. The van der Waals surface area contributed by atoms with Crippen LogP contribution >= 0.6 is 0 Å². The van der Waals surface area contributed by atoms with Crippen molar-refractivity contribution in [2.75, 3.05) is 0 Å². The number of nitro groups is 1. The van der Waals surface area contributed by atoms with Crippen molar-refractivity contribution in [1.82, 2.24) is 0 Å². The minimum atomic E-state index is -0.386. The van der Waals surface area contributed by atoms with Gasteiger partial charge in [-0.15, -0.1) is 0 Å². The molecule has 1 fully saturated rings. The fraction of sp³-hybridized carbons (Fsp3) is 0.562. The van der Waals surface area contributed by atoms with Crippen molar-refractivity contribution in [3.05, 3.63) is 39.9 Å². The van der Waals surface area contributed by atoms with Gasteiger partial charge in [0.25, 0.3) is 5.69 Å². The van der Waals surface area contributed by atoms with Gasteiger partial charge in [-0.1, -0.05) is 19.1 Å². The van der Waals surface area contributed by atoms with Crippen LogP contribution in [-0.2, 0) is 6.42 Å². The van der Waals surface area contributed by atoms with Gasteiger partial charge in [0.05, 0.1) is 16.4 Å². The van der Waals surface area contributed by atoms with E-state index in [-0.39, 0.29) is 16.0 Å². The number of rotatable bonds is 4. The Bertz CT molecular complexity index is 508. The highest BCUT2D eigenvalue weighted by atomic mass is 16.6. The van der Waals surface area contributed by atoms with Crippen molar-refractivity contribution in [2.24, 2.45) is 11.3 Å². The molecule has 0 bridgehead atoms. The lowest BCUT2D eigenvalue weighted by Gasteiger charge is -2.33. The van der Waals surface area contributed by atoms with E-state index >= 15 is 0 Å². The SMILES string of the molecule is CC1CCC(C#N)(CCc2ccc([N+](=O)[O-])cc2)CC1. The Balaban J connectivity index is 1.97. The van der Waals surface area contributed by atoms with Gasteiger partial charge in [-0.05, 0) is 50.0 Å². The second-order valence-electron chi connectivity index (χ2n) is 6.00. The Morgan fingerprint density at radius 2 is 1.95 bits per heavy atom. The Hall–Kier alpha value is -1.89. The van der Waals surface area contributed by atoms with Gasteiger partial charge in [0, 0.05) is 12.1 Å². The molecule has 0 saturated heterocycles. The summed E-state index contributed by atoms with van der Waals surface area (Å²) in [5.74, 6) is 0.732. The van der Waals surface area contributed by atoms with Crippen LogP contribution in [0.1, 0.15) is 44.6 Å². The average molecular weight is 272 g/mol. The second kappa shape index (κ2) is 6.04. The highest BCUT2D eigenvalue weighted by Gasteiger charge is 2.33. The van der Waals surface area contributed by atoms with Gasteiger partial charge in [0.15, 0.2) is 0 Å². The molecule has 1 aliphatic carbocycles. The van der Waals surface area contributed by atoms with E-state index in [1.165, 1.54) is 12.1 Å². The minimum absolute atomic E-state index is 0.121. The summed E-state index contributed by atoms with van der Waals surface area (Å²) < 4.78 is 0. The van der Waals surface area contributed by atoms with Crippen LogP contribution in [-0.4, -0.2) is 4.92 Å². The molecule has 0 spiro atoms. The molecule has 0 unspecified atom stereocenters. The van der Waals surface area contributed by atoms with E-state index < -0.39 is 0 Å². The smallest absolute Gasteiger partial charge is 0.258 e. The van der Waals surface area contributed by atoms with Crippen molar-refractivity contribution in [3.63, 3.8) is 0 Å². The Morgan fingerprint density at radius 3 is 2.45 bits per heavy atom. The summed E-state index contributed by atoms with van der Waals surface area (Å²) in [5, 5.41) is 20.1. The third-order valence-electron chi connectivity index (χ3n) is 4.51. The fourth-order valence-corrected chi connectivity index (χ4v) is 2.90. The normalized spacial score (nSPS) is 25.9. The summed E-state index contributed by atoms with van der Waals surface area (Å²) in [6, 6.07) is 9.21. The lowest BCUT2D eigenvalue weighted by atomic mass is 9.69. The number of hydrogen-bond acceptors (Lipinski definition) is 3. The predicted molar refractivity (Wildman–Crippen MR) is 77.1 cm³/mol. The summed E-state index contributed by atoms with van der Waals surface area (Å²) in [5.41, 5.74) is 1.01. The molecule has 0 N–H and O–H groups in total. The van der Waals surface area contributed by atoms with Crippen LogP contribution in [0.3, 0.4) is 0 Å². The van der Waals surface area contributed by atoms with E-state index in [0.717, 1.165) is 50.0 Å². The molecule has 0 atom stereocenters. The first-order chi connectivity index (χ1) is 9.54. The van der Waals surface area contributed by atoms with Gasteiger partial charge in [-0.3, -0.25) is 10.1 Å². The van der Waals surface area contributed by atoms with Crippen molar-refractivity contribution < 1.29 is 4.92 Å². The van der Waals surface area contributed by atoms with E-state index in [1.807, 2.05) is 0 Å². The van der Waals surface area contributed by atoms with Gasteiger partial charge in [-0.25, -0.2) is 0 Å². The predicted octanol–water partition coefficient (Wildman–Crippen LogP) is 4.25.